The van der Waals surface area contributed by atoms with Crippen LogP contribution in [0.15, 0.2) is 36.4 Å². The fourth-order valence-electron chi connectivity index (χ4n) is 4.18. The van der Waals surface area contributed by atoms with Crippen LogP contribution in [0.4, 0.5) is 5.69 Å². The SMILES string of the molecule is COc1ccccc1N1CC[NH+](CC(COc2cc(OC)c(OC)c(OC)c2)OC(C)=O)CC1.[Cl-]. The second-order valence-electron chi connectivity index (χ2n) is 8.02. The van der Waals surface area contributed by atoms with Gasteiger partial charge in [0.15, 0.2) is 17.6 Å². The first-order valence-electron chi connectivity index (χ1n) is 11.3. The summed E-state index contributed by atoms with van der Waals surface area (Å²) < 4.78 is 33.2. The number of rotatable bonds is 11. The minimum absolute atomic E-state index is 0. The molecule has 35 heavy (non-hydrogen) atoms. The van der Waals surface area contributed by atoms with E-state index in [1.165, 1.54) is 11.8 Å². The molecule has 0 saturated carbocycles. The average Bonchev–Trinajstić information content (AvgIpc) is 2.86. The highest BCUT2D eigenvalue weighted by atomic mass is 35.5. The van der Waals surface area contributed by atoms with Crippen LogP contribution in [0.25, 0.3) is 0 Å². The number of para-hydroxylation sites is 2. The molecule has 1 saturated heterocycles. The Hall–Kier alpha value is -3.04. The van der Waals surface area contributed by atoms with Crippen molar-refractivity contribution in [1.29, 1.82) is 0 Å². The number of benzene rings is 2. The highest BCUT2D eigenvalue weighted by Crippen LogP contribution is 2.40. The van der Waals surface area contributed by atoms with Gasteiger partial charge >= 0.3 is 5.97 Å². The molecular weight excluding hydrogens is 476 g/mol. The summed E-state index contributed by atoms with van der Waals surface area (Å²) in [5, 5.41) is 0. The van der Waals surface area contributed by atoms with E-state index in [1.807, 2.05) is 18.2 Å². The molecule has 3 rings (SSSR count). The lowest BCUT2D eigenvalue weighted by atomic mass is 10.2. The summed E-state index contributed by atoms with van der Waals surface area (Å²) in [7, 11) is 6.35. The number of methoxy groups -OCH3 is 4. The predicted molar refractivity (Wildman–Crippen MR) is 128 cm³/mol. The van der Waals surface area contributed by atoms with Crippen molar-refractivity contribution in [3.8, 4) is 28.7 Å². The predicted octanol–water partition coefficient (Wildman–Crippen LogP) is -1.56. The Morgan fingerprint density at radius 2 is 1.54 bits per heavy atom. The summed E-state index contributed by atoms with van der Waals surface area (Å²) in [6.07, 6.45) is -0.385. The number of anilines is 1. The van der Waals surface area contributed by atoms with Crippen LogP contribution in [0.5, 0.6) is 28.7 Å². The molecular formula is C25H35ClN2O7. The molecule has 1 atom stereocenters. The van der Waals surface area contributed by atoms with Gasteiger partial charge in [-0.05, 0) is 12.1 Å². The Balaban J connectivity index is 0.00000432. The molecule has 1 heterocycles. The smallest absolute Gasteiger partial charge is 0.303 e. The van der Waals surface area contributed by atoms with Gasteiger partial charge in [0.2, 0.25) is 5.75 Å². The topological polar surface area (TPSA) is 80.1 Å². The third-order valence-electron chi connectivity index (χ3n) is 5.82. The molecule has 1 aliphatic rings. The molecule has 10 heteroatoms. The number of piperazine rings is 1. The normalized spacial score (nSPS) is 14.4. The van der Waals surface area contributed by atoms with E-state index in [0.717, 1.165) is 37.6 Å². The largest absolute Gasteiger partial charge is 1.00 e. The summed E-state index contributed by atoms with van der Waals surface area (Å²) in [5.41, 5.74) is 1.10. The standard InChI is InChI=1S/C25H34N2O7.ClH/c1-18(28)34-20(17-33-19-14-23(30-3)25(32-5)24(15-19)31-4)16-26-10-12-27(13-11-26)21-8-6-7-9-22(21)29-2;/h6-9,14-15,20H,10-13,16-17H2,1-5H3;1H. The first-order valence-corrected chi connectivity index (χ1v) is 11.3. The highest BCUT2D eigenvalue weighted by Gasteiger charge is 2.27. The summed E-state index contributed by atoms with van der Waals surface area (Å²) in [5.74, 6) is 2.58. The van der Waals surface area contributed by atoms with Crippen LogP contribution in [-0.2, 0) is 9.53 Å². The second kappa shape index (κ2) is 13.7. The zero-order valence-corrected chi connectivity index (χ0v) is 21.7. The Morgan fingerprint density at radius 3 is 2.09 bits per heavy atom. The number of quaternary nitrogens is 1. The zero-order valence-electron chi connectivity index (χ0n) is 21.0. The van der Waals surface area contributed by atoms with Crippen molar-refractivity contribution in [2.45, 2.75) is 13.0 Å². The third kappa shape index (κ3) is 7.47. The van der Waals surface area contributed by atoms with Gasteiger partial charge in [-0.25, -0.2) is 0 Å². The number of carbonyl (C=O) groups is 1. The van der Waals surface area contributed by atoms with Crippen LogP contribution in [0.1, 0.15) is 6.92 Å². The molecule has 0 aliphatic carbocycles. The quantitative estimate of drug-likeness (QED) is 0.364. The van der Waals surface area contributed by atoms with Gasteiger partial charge < -0.3 is 50.6 Å². The van der Waals surface area contributed by atoms with Gasteiger partial charge in [0.05, 0.1) is 60.3 Å². The number of carbonyl (C=O) groups excluding carboxylic acids is 1. The summed E-state index contributed by atoms with van der Waals surface area (Å²) in [6.45, 7) is 5.90. The highest BCUT2D eigenvalue weighted by molar-refractivity contribution is 5.66. The van der Waals surface area contributed by atoms with E-state index < -0.39 is 0 Å². The zero-order chi connectivity index (χ0) is 24.5. The van der Waals surface area contributed by atoms with E-state index in [0.29, 0.717) is 29.5 Å². The molecule has 0 bridgehead atoms. The molecule has 2 aromatic rings. The number of esters is 1. The van der Waals surface area contributed by atoms with E-state index >= 15 is 0 Å². The number of ether oxygens (including phenoxy) is 6. The number of halogens is 1. The number of nitrogens with zero attached hydrogens (tertiary/aromatic N) is 1. The molecule has 0 radical (unpaired) electrons. The fourth-order valence-corrected chi connectivity index (χ4v) is 4.18. The van der Waals surface area contributed by atoms with Gasteiger partial charge in [0.25, 0.3) is 0 Å². The monoisotopic (exact) mass is 510 g/mol. The minimum Gasteiger partial charge on any atom is -1.00 e. The molecule has 1 aliphatic heterocycles. The van der Waals surface area contributed by atoms with Crippen molar-refractivity contribution < 1.29 is 50.5 Å². The van der Waals surface area contributed by atoms with Crippen molar-refractivity contribution in [2.24, 2.45) is 0 Å². The van der Waals surface area contributed by atoms with E-state index in [-0.39, 0.29) is 31.1 Å². The number of hydrogen-bond acceptors (Lipinski definition) is 8. The van der Waals surface area contributed by atoms with Crippen LogP contribution >= 0.6 is 0 Å². The molecule has 194 valence electrons. The number of hydrogen-bond donors (Lipinski definition) is 1. The van der Waals surface area contributed by atoms with Gasteiger partial charge in [-0.15, -0.1) is 0 Å². The maximum atomic E-state index is 11.7. The van der Waals surface area contributed by atoms with E-state index in [1.54, 1.807) is 40.6 Å². The van der Waals surface area contributed by atoms with Gasteiger partial charge in [0, 0.05) is 19.1 Å². The van der Waals surface area contributed by atoms with Crippen LogP contribution < -0.4 is 45.9 Å². The van der Waals surface area contributed by atoms with Gasteiger partial charge in [-0.2, -0.15) is 0 Å². The van der Waals surface area contributed by atoms with Gasteiger partial charge in [0.1, 0.15) is 24.7 Å². The maximum Gasteiger partial charge on any atom is 0.303 e. The van der Waals surface area contributed by atoms with E-state index in [4.69, 9.17) is 28.4 Å². The first kappa shape index (κ1) is 28.2. The maximum absolute atomic E-state index is 11.7. The van der Waals surface area contributed by atoms with Crippen LogP contribution in [0.3, 0.4) is 0 Å². The summed E-state index contributed by atoms with van der Waals surface area (Å²) in [6, 6.07) is 11.5. The molecule has 1 unspecified atom stereocenters. The molecule has 2 aromatic carbocycles. The lowest BCUT2D eigenvalue weighted by molar-refractivity contribution is -0.903. The Morgan fingerprint density at radius 1 is 0.943 bits per heavy atom. The molecule has 0 aromatic heterocycles. The first-order chi connectivity index (χ1) is 16.5. The molecule has 1 N–H and O–H groups in total. The van der Waals surface area contributed by atoms with Crippen LogP contribution in [-0.4, -0.2) is 79.8 Å². The van der Waals surface area contributed by atoms with Crippen LogP contribution in [0, 0.1) is 0 Å². The molecule has 0 spiro atoms. The van der Waals surface area contributed by atoms with Crippen molar-refractivity contribution in [1.82, 2.24) is 0 Å². The van der Waals surface area contributed by atoms with E-state index in [2.05, 4.69) is 11.0 Å². The average molecular weight is 511 g/mol. The summed E-state index contributed by atoms with van der Waals surface area (Å²) >= 11 is 0. The number of nitrogens with one attached hydrogen (secondary N) is 1. The van der Waals surface area contributed by atoms with Crippen molar-refractivity contribution in [2.75, 3.05) is 72.7 Å². The van der Waals surface area contributed by atoms with Gasteiger partial charge in [-0.3, -0.25) is 4.79 Å². The van der Waals surface area contributed by atoms with Crippen molar-refractivity contribution in [3.63, 3.8) is 0 Å². The third-order valence-corrected chi connectivity index (χ3v) is 5.82. The second-order valence-corrected chi connectivity index (χ2v) is 8.02. The fraction of sp³-hybridized carbons (Fsp3) is 0.480. The minimum atomic E-state index is -0.385. The van der Waals surface area contributed by atoms with Crippen molar-refractivity contribution >= 4 is 11.7 Å². The van der Waals surface area contributed by atoms with Crippen LogP contribution in [0.2, 0.25) is 0 Å². The molecule has 0 amide bonds. The lowest BCUT2D eigenvalue weighted by Gasteiger charge is -2.35. The lowest BCUT2D eigenvalue weighted by Crippen LogP contribution is -3.16. The Bertz CT molecular complexity index is 926. The Labute approximate surface area is 213 Å². The van der Waals surface area contributed by atoms with E-state index in [9.17, 15) is 4.79 Å². The Kier molecular flexibility index (Phi) is 11.1. The molecule has 1 fully saturated rings. The van der Waals surface area contributed by atoms with Gasteiger partial charge in [-0.1, -0.05) is 12.1 Å². The molecule has 9 nitrogen and oxygen atoms in total. The van der Waals surface area contributed by atoms with Crippen molar-refractivity contribution in [3.05, 3.63) is 36.4 Å². The summed E-state index contributed by atoms with van der Waals surface area (Å²) in [4.78, 5) is 15.4.